The van der Waals surface area contributed by atoms with Gasteiger partial charge in [0.05, 0.1) is 6.07 Å². The summed E-state index contributed by atoms with van der Waals surface area (Å²) in [7, 11) is 0. The SMILES string of the molecule is CCCNC(C#N)(CSCc1cccc(C)c1)C1CC1. The van der Waals surface area contributed by atoms with Gasteiger partial charge in [-0.1, -0.05) is 36.8 Å². The van der Waals surface area contributed by atoms with Gasteiger partial charge in [0, 0.05) is 11.5 Å². The van der Waals surface area contributed by atoms with E-state index < -0.39 is 0 Å². The Morgan fingerprint density at radius 3 is 2.85 bits per heavy atom. The van der Waals surface area contributed by atoms with Gasteiger partial charge in [-0.3, -0.25) is 5.32 Å². The Morgan fingerprint density at radius 1 is 1.45 bits per heavy atom. The van der Waals surface area contributed by atoms with Gasteiger partial charge < -0.3 is 0 Å². The molecule has 108 valence electrons. The maximum Gasteiger partial charge on any atom is 0.118 e. The number of aryl methyl sites for hydroxylation is 1. The normalized spacial score (nSPS) is 17.4. The first-order valence-electron chi connectivity index (χ1n) is 7.50. The molecule has 1 unspecified atom stereocenters. The largest absolute Gasteiger partial charge is 0.298 e. The minimum Gasteiger partial charge on any atom is -0.298 e. The smallest absolute Gasteiger partial charge is 0.118 e. The fourth-order valence-corrected chi connectivity index (χ4v) is 3.77. The van der Waals surface area contributed by atoms with Gasteiger partial charge in [0.15, 0.2) is 0 Å². The lowest BCUT2D eigenvalue weighted by Crippen LogP contribution is -2.48. The van der Waals surface area contributed by atoms with Crippen LogP contribution in [0.15, 0.2) is 24.3 Å². The molecule has 1 aromatic carbocycles. The van der Waals surface area contributed by atoms with E-state index in [0.29, 0.717) is 5.92 Å². The topological polar surface area (TPSA) is 35.8 Å². The Balaban J connectivity index is 1.90. The highest BCUT2D eigenvalue weighted by atomic mass is 32.2. The van der Waals surface area contributed by atoms with Gasteiger partial charge in [-0.2, -0.15) is 17.0 Å². The number of hydrogen-bond acceptors (Lipinski definition) is 3. The molecule has 1 atom stereocenters. The molecule has 1 aromatic rings. The van der Waals surface area contributed by atoms with Crippen LogP contribution in [0.25, 0.3) is 0 Å². The second kappa shape index (κ2) is 7.15. The first-order valence-corrected chi connectivity index (χ1v) is 8.65. The zero-order chi connectivity index (χ0) is 14.4. The zero-order valence-electron chi connectivity index (χ0n) is 12.5. The molecule has 2 nitrogen and oxygen atoms in total. The highest BCUT2D eigenvalue weighted by molar-refractivity contribution is 7.98. The quantitative estimate of drug-likeness (QED) is 0.788. The van der Waals surface area contributed by atoms with Crippen LogP contribution in [0, 0.1) is 24.2 Å². The molecule has 2 rings (SSSR count). The van der Waals surface area contributed by atoms with Gasteiger partial charge in [-0.15, -0.1) is 0 Å². The predicted molar refractivity (Wildman–Crippen MR) is 86.7 cm³/mol. The van der Waals surface area contributed by atoms with E-state index in [1.54, 1.807) is 0 Å². The van der Waals surface area contributed by atoms with Crippen molar-refractivity contribution in [3.8, 4) is 6.07 Å². The van der Waals surface area contributed by atoms with Crippen LogP contribution >= 0.6 is 11.8 Å². The molecule has 0 bridgehead atoms. The van der Waals surface area contributed by atoms with Gasteiger partial charge in [0.2, 0.25) is 0 Å². The summed E-state index contributed by atoms with van der Waals surface area (Å²) >= 11 is 1.88. The van der Waals surface area contributed by atoms with Crippen molar-refractivity contribution in [2.45, 2.75) is 44.4 Å². The summed E-state index contributed by atoms with van der Waals surface area (Å²) in [5.41, 5.74) is 2.36. The molecule has 0 saturated heterocycles. The molecule has 1 N–H and O–H groups in total. The third kappa shape index (κ3) is 4.01. The van der Waals surface area contributed by atoms with Crippen LogP contribution in [-0.4, -0.2) is 17.8 Å². The summed E-state index contributed by atoms with van der Waals surface area (Å²) < 4.78 is 0. The van der Waals surface area contributed by atoms with Crippen molar-refractivity contribution in [3.05, 3.63) is 35.4 Å². The molecule has 0 heterocycles. The van der Waals surface area contributed by atoms with Crippen molar-refractivity contribution in [2.24, 2.45) is 5.92 Å². The van der Waals surface area contributed by atoms with Crippen molar-refractivity contribution in [2.75, 3.05) is 12.3 Å². The van der Waals surface area contributed by atoms with Crippen molar-refractivity contribution in [1.29, 1.82) is 5.26 Å². The molecule has 1 aliphatic rings. The average Bonchev–Trinajstić information content (AvgIpc) is 3.28. The highest BCUT2D eigenvalue weighted by Gasteiger charge is 2.45. The summed E-state index contributed by atoms with van der Waals surface area (Å²) in [6, 6.07) is 11.2. The summed E-state index contributed by atoms with van der Waals surface area (Å²) in [4.78, 5) is 0. The van der Waals surface area contributed by atoms with Crippen molar-refractivity contribution < 1.29 is 0 Å². The second-order valence-corrected chi connectivity index (χ2v) is 6.75. The Kier molecular flexibility index (Phi) is 5.51. The van der Waals surface area contributed by atoms with E-state index in [2.05, 4.69) is 49.5 Å². The van der Waals surface area contributed by atoms with E-state index in [9.17, 15) is 5.26 Å². The fraction of sp³-hybridized carbons (Fsp3) is 0.588. The molecule has 0 spiro atoms. The van der Waals surface area contributed by atoms with Gasteiger partial charge >= 0.3 is 0 Å². The first-order chi connectivity index (χ1) is 9.70. The third-order valence-electron chi connectivity index (χ3n) is 3.85. The molecule has 0 aromatic heterocycles. The second-order valence-electron chi connectivity index (χ2n) is 5.77. The Hall–Kier alpha value is -0.980. The Morgan fingerprint density at radius 2 is 2.25 bits per heavy atom. The minimum atomic E-state index is -0.301. The first kappa shape index (κ1) is 15.4. The molecular formula is C17H24N2S. The van der Waals surface area contributed by atoms with Crippen LogP contribution in [0.4, 0.5) is 0 Å². The Bertz CT molecular complexity index is 476. The molecule has 1 saturated carbocycles. The van der Waals surface area contributed by atoms with Crippen molar-refractivity contribution in [3.63, 3.8) is 0 Å². The number of benzene rings is 1. The third-order valence-corrected chi connectivity index (χ3v) is 5.04. The number of nitrogens with zero attached hydrogens (tertiary/aromatic N) is 1. The van der Waals surface area contributed by atoms with Crippen molar-refractivity contribution >= 4 is 11.8 Å². The molecule has 0 amide bonds. The minimum absolute atomic E-state index is 0.301. The highest BCUT2D eigenvalue weighted by Crippen LogP contribution is 2.41. The monoisotopic (exact) mass is 288 g/mol. The van der Waals surface area contributed by atoms with E-state index in [-0.39, 0.29) is 5.54 Å². The number of thioether (sulfide) groups is 1. The maximum atomic E-state index is 9.63. The maximum absolute atomic E-state index is 9.63. The van der Waals surface area contributed by atoms with Gasteiger partial charge in [-0.25, -0.2) is 0 Å². The lowest BCUT2D eigenvalue weighted by atomic mass is 9.97. The van der Waals surface area contributed by atoms with Crippen LogP contribution < -0.4 is 5.32 Å². The summed E-state index contributed by atoms with van der Waals surface area (Å²) in [5.74, 6) is 2.44. The van der Waals surface area contributed by atoms with Gasteiger partial charge in [-0.05, 0) is 44.2 Å². The van der Waals surface area contributed by atoms with Gasteiger partial charge in [0.1, 0.15) is 5.54 Å². The molecule has 1 aliphatic carbocycles. The van der Waals surface area contributed by atoms with Gasteiger partial charge in [0.25, 0.3) is 0 Å². The number of hydrogen-bond donors (Lipinski definition) is 1. The van der Waals surface area contributed by atoms with Crippen LogP contribution in [-0.2, 0) is 5.75 Å². The molecular weight excluding hydrogens is 264 g/mol. The Labute approximate surface area is 127 Å². The predicted octanol–water partition coefficient (Wildman–Crippen LogP) is 3.90. The van der Waals surface area contributed by atoms with E-state index in [0.717, 1.165) is 24.5 Å². The summed E-state index contributed by atoms with van der Waals surface area (Å²) in [6.07, 6.45) is 3.49. The number of rotatable bonds is 8. The zero-order valence-corrected chi connectivity index (χ0v) is 13.3. The van der Waals surface area contributed by atoms with Crippen LogP contribution in [0.5, 0.6) is 0 Å². The summed E-state index contributed by atoms with van der Waals surface area (Å²) in [5, 5.41) is 13.1. The number of nitriles is 1. The summed E-state index contributed by atoms with van der Waals surface area (Å²) in [6.45, 7) is 5.22. The lowest BCUT2D eigenvalue weighted by molar-refractivity contribution is 0.405. The molecule has 0 radical (unpaired) electrons. The standard InChI is InChI=1S/C17H24N2S/c1-3-9-19-17(12-18,16-7-8-16)13-20-11-15-6-4-5-14(2)10-15/h4-6,10,16,19H,3,7-9,11,13H2,1-2H3. The molecule has 1 fully saturated rings. The van der Waals surface area contributed by atoms with E-state index in [1.807, 2.05) is 11.8 Å². The van der Waals surface area contributed by atoms with Crippen molar-refractivity contribution in [1.82, 2.24) is 5.32 Å². The van der Waals surface area contributed by atoms with E-state index in [4.69, 9.17) is 0 Å². The van der Waals surface area contributed by atoms with Crippen LogP contribution in [0.2, 0.25) is 0 Å². The molecule has 0 aliphatic heterocycles. The van der Waals surface area contributed by atoms with Crippen LogP contribution in [0.1, 0.15) is 37.3 Å². The number of nitrogens with one attached hydrogen (secondary N) is 1. The molecule has 3 heteroatoms. The lowest BCUT2D eigenvalue weighted by Gasteiger charge is -2.27. The van der Waals surface area contributed by atoms with Crippen LogP contribution in [0.3, 0.4) is 0 Å². The fourth-order valence-electron chi connectivity index (χ4n) is 2.53. The van der Waals surface area contributed by atoms with E-state index >= 15 is 0 Å². The average molecular weight is 288 g/mol. The molecule has 20 heavy (non-hydrogen) atoms. The van der Waals surface area contributed by atoms with E-state index in [1.165, 1.54) is 24.0 Å².